The first-order chi connectivity index (χ1) is 9.17. The average molecular weight is 269 g/mol. The molecule has 0 unspecified atom stereocenters. The van der Waals surface area contributed by atoms with Crippen LogP contribution in [0.2, 0.25) is 0 Å². The van der Waals surface area contributed by atoms with Crippen molar-refractivity contribution < 1.29 is 0 Å². The van der Waals surface area contributed by atoms with E-state index in [4.69, 9.17) is 5.73 Å². The molecule has 0 aliphatic rings. The SMILES string of the molecule is CCc1ccc(-c2nc(N)c3cc(C)sc3n2)cc1. The number of aryl methyl sites for hydroxylation is 2. The zero-order chi connectivity index (χ0) is 13.4. The lowest BCUT2D eigenvalue weighted by Crippen LogP contribution is -1.96. The van der Waals surface area contributed by atoms with Crippen molar-refractivity contribution in [3.63, 3.8) is 0 Å². The van der Waals surface area contributed by atoms with Crippen molar-refractivity contribution in [2.45, 2.75) is 20.3 Å². The zero-order valence-electron chi connectivity index (χ0n) is 11.0. The van der Waals surface area contributed by atoms with Gasteiger partial charge >= 0.3 is 0 Å². The van der Waals surface area contributed by atoms with E-state index in [1.165, 1.54) is 10.4 Å². The fourth-order valence-corrected chi connectivity index (χ4v) is 2.97. The Morgan fingerprint density at radius 1 is 1.16 bits per heavy atom. The molecular formula is C15H15N3S. The standard InChI is InChI=1S/C15H15N3S/c1-3-10-4-6-11(7-5-10)14-17-13(16)12-8-9(2)19-15(12)18-14/h4-8H,3H2,1-2H3,(H2,16,17,18). The summed E-state index contributed by atoms with van der Waals surface area (Å²) in [4.78, 5) is 11.2. The first kappa shape index (κ1) is 12.1. The predicted octanol–water partition coefficient (Wildman–Crippen LogP) is 3.81. The van der Waals surface area contributed by atoms with E-state index in [2.05, 4.69) is 48.1 Å². The van der Waals surface area contributed by atoms with Crippen LogP contribution in [0.3, 0.4) is 0 Å². The van der Waals surface area contributed by atoms with Crippen molar-refractivity contribution >= 4 is 27.4 Å². The number of hydrogen-bond acceptors (Lipinski definition) is 4. The van der Waals surface area contributed by atoms with Gasteiger partial charge in [-0.25, -0.2) is 9.97 Å². The maximum atomic E-state index is 6.02. The number of hydrogen-bond donors (Lipinski definition) is 1. The van der Waals surface area contributed by atoms with Crippen LogP contribution >= 0.6 is 11.3 Å². The lowest BCUT2D eigenvalue weighted by atomic mass is 10.1. The van der Waals surface area contributed by atoms with Crippen molar-refractivity contribution in [3.8, 4) is 11.4 Å². The minimum absolute atomic E-state index is 0.559. The van der Waals surface area contributed by atoms with Crippen molar-refractivity contribution in [2.75, 3.05) is 5.73 Å². The van der Waals surface area contributed by atoms with Gasteiger partial charge in [-0.15, -0.1) is 11.3 Å². The van der Waals surface area contributed by atoms with Crippen molar-refractivity contribution in [1.82, 2.24) is 9.97 Å². The van der Waals surface area contributed by atoms with Gasteiger partial charge in [-0.1, -0.05) is 31.2 Å². The monoisotopic (exact) mass is 269 g/mol. The molecule has 0 radical (unpaired) electrons. The number of anilines is 1. The highest BCUT2D eigenvalue weighted by Gasteiger charge is 2.09. The molecule has 19 heavy (non-hydrogen) atoms. The Kier molecular flexibility index (Phi) is 2.95. The van der Waals surface area contributed by atoms with Crippen LogP contribution in [0.25, 0.3) is 21.6 Å². The van der Waals surface area contributed by atoms with E-state index in [1.807, 2.05) is 6.07 Å². The van der Waals surface area contributed by atoms with Crippen LogP contribution in [0.4, 0.5) is 5.82 Å². The fourth-order valence-electron chi connectivity index (χ4n) is 2.08. The number of rotatable bonds is 2. The summed E-state index contributed by atoms with van der Waals surface area (Å²) in [6, 6.07) is 10.4. The molecule has 0 atom stereocenters. The summed E-state index contributed by atoms with van der Waals surface area (Å²) in [5, 5.41) is 0.955. The molecule has 1 aromatic carbocycles. The minimum Gasteiger partial charge on any atom is -0.383 e. The van der Waals surface area contributed by atoms with Crippen molar-refractivity contribution in [2.24, 2.45) is 0 Å². The van der Waals surface area contributed by atoms with Gasteiger partial charge in [0.15, 0.2) is 5.82 Å². The summed E-state index contributed by atoms with van der Waals surface area (Å²) >= 11 is 1.65. The largest absolute Gasteiger partial charge is 0.383 e. The van der Waals surface area contributed by atoms with E-state index in [-0.39, 0.29) is 0 Å². The van der Waals surface area contributed by atoms with E-state index in [0.29, 0.717) is 11.6 Å². The molecule has 3 rings (SSSR count). The summed E-state index contributed by atoms with van der Waals surface area (Å²) in [6.45, 7) is 4.20. The van der Waals surface area contributed by atoms with E-state index >= 15 is 0 Å². The van der Waals surface area contributed by atoms with Gasteiger partial charge in [0.25, 0.3) is 0 Å². The topological polar surface area (TPSA) is 51.8 Å². The van der Waals surface area contributed by atoms with Crippen LogP contribution in [0.5, 0.6) is 0 Å². The number of aromatic nitrogens is 2. The van der Waals surface area contributed by atoms with Gasteiger partial charge in [-0.05, 0) is 25.0 Å². The predicted molar refractivity (Wildman–Crippen MR) is 81.4 cm³/mol. The van der Waals surface area contributed by atoms with Crippen molar-refractivity contribution in [1.29, 1.82) is 0 Å². The normalized spacial score (nSPS) is 11.1. The average Bonchev–Trinajstić information content (AvgIpc) is 2.80. The highest BCUT2D eigenvalue weighted by Crippen LogP contribution is 2.29. The Labute approximate surface area is 116 Å². The lowest BCUT2D eigenvalue weighted by molar-refractivity contribution is 1.14. The Morgan fingerprint density at radius 3 is 2.58 bits per heavy atom. The molecule has 2 aromatic heterocycles. The van der Waals surface area contributed by atoms with Crippen LogP contribution in [0.15, 0.2) is 30.3 Å². The molecule has 96 valence electrons. The van der Waals surface area contributed by atoms with Gasteiger partial charge in [0.1, 0.15) is 10.6 Å². The van der Waals surface area contributed by atoms with E-state index in [0.717, 1.165) is 22.2 Å². The zero-order valence-corrected chi connectivity index (χ0v) is 11.8. The molecular weight excluding hydrogens is 254 g/mol. The summed E-state index contributed by atoms with van der Waals surface area (Å²) < 4.78 is 0. The summed E-state index contributed by atoms with van der Waals surface area (Å²) in [5.74, 6) is 1.26. The molecule has 2 heterocycles. The number of fused-ring (bicyclic) bond motifs is 1. The molecule has 0 fully saturated rings. The second-order valence-electron chi connectivity index (χ2n) is 4.56. The van der Waals surface area contributed by atoms with Crippen molar-refractivity contribution in [3.05, 3.63) is 40.8 Å². The van der Waals surface area contributed by atoms with Crippen LogP contribution in [-0.4, -0.2) is 9.97 Å². The number of nitrogens with two attached hydrogens (primary N) is 1. The molecule has 0 saturated heterocycles. The molecule has 0 aliphatic heterocycles. The second-order valence-corrected chi connectivity index (χ2v) is 5.79. The number of benzene rings is 1. The van der Waals surface area contributed by atoms with Crippen LogP contribution < -0.4 is 5.73 Å². The quantitative estimate of drug-likeness (QED) is 0.769. The van der Waals surface area contributed by atoms with Gasteiger partial charge in [-0.3, -0.25) is 0 Å². The molecule has 0 bridgehead atoms. The Balaban J connectivity index is 2.13. The molecule has 3 aromatic rings. The second kappa shape index (κ2) is 4.63. The third kappa shape index (κ3) is 2.19. The summed E-state index contributed by atoms with van der Waals surface area (Å²) in [7, 11) is 0. The molecule has 3 nitrogen and oxygen atoms in total. The number of nitrogens with zero attached hydrogens (tertiary/aromatic N) is 2. The fraction of sp³-hybridized carbons (Fsp3) is 0.200. The molecule has 2 N–H and O–H groups in total. The van der Waals surface area contributed by atoms with Crippen LogP contribution in [-0.2, 0) is 6.42 Å². The summed E-state index contributed by atoms with van der Waals surface area (Å²) in [6.07, 6.45) is 1.03. The van der Waals surface area contributed by atoms with E-state index < -0.39 is 0 Å². The molecule has 4 heteroatoms. The summed E-state index contributed by atoms with van der Waals surface area (Å²) in [5.41, 5.74) is 8.34. The highest BCUT2D eigenvalue weighted by molar-refractivity contribution is 7.18. The first-order valence-electron chi connectivity index (χ1n) is 6.30. The smallest absolute Gasteiger partial charge is 0.163 e. The lowest BCUT2D eigenvalue weighted by Gasteiger charge is -2.03. The molecule has 0 saturated carbocycles. The Hall–Kier alpha value is -1.94. The van der Waals surface area contributed by atoms with Gasteiger partial charge in [0.2, 0.25) is 0 Å². The Morgan fingerprint density at radius 2 is 1.89 bits per heavy atom. The van der Waals surface area contributed by atoms with Gasteiger partial charge in [0, 0.05) is 10.4 Å². The van der Waals surface area contributed by atoms with E-state index in [1.54, 1.807) is 11.3 Å². The van der Waals surface area contributed by atoms with Gasteiger partial charge in [0.05, 0.1) is 5.39 Å². The Bertz CT molecular complexity index is 729. The minimum atomic E-state index is 0.559. The van der Waals surface area contributed by atoms with Gasteiger partial charge < -0.3 is 5.73 Å². The number of nitrogen functional groups attached to an aromatic ring is 1. The van der Waals surface area contributed by atoms with Crippen LogP contribution in [0.1, 0.15) is 17.4 Å². The molecule has 0 aliphatic carbocycles. The van der Waals surface area contributed by atoms with E-state index in [9.17, 15) is 0 Å². The maximum Gasteiger partial charge on any atom is 0.163 e. The highest BCUT2D eigenvalue weighted by atomic mass is 32.1. The maximum absolute atomic E-state index is 6.02. The molecule has 0 amide bonds. The van der Waals surface area contributed by atoms with Crippen LogP contribution in [0, 0.1) is 6.92 Å². The third-order valence-electron chi connectivity index (χ3n) is 3.17. The molecule has 0 spiro atoms. The number of thiophene rings is 1. The van der Waals surface area contributed by atoms with Gasteiger partial charge in [-0.2, -0.15) is 0 Å². The first-order valence-corrected chi connectivity index (χ1v) is 7.12. The third-order valence-corrected chi connectivity index (χ3v) is 4.11.